The number of hydrogen-bond acceptors (Lipinski definition) is 4. The average Bonchev–Trinajstić information content (AvgIpc) is 2.36. The highest BCUT2D eigenvalue weighted by atomic mass is 16.5. The smallest absolute Gasteiger partial charge is 0.340 e. The van der Waals surface area contributed by atoms with Gasteiger partial charge in [-0.05, 0) is 31.4 Å². The second-order valence-corrected chi connectivity index (χ2v) is 6.12. The van der Waals surface area contributed by atoms with Crippen LogP contribution in [0, 0.1) is 5.41 Å². The highest BCUT2D eigenvalue weighted by molar-refractivity contribution is 5.99. The summed E-state index contributed by atoms with van der Waals surface area (Å²) in [6.07, 6.45) is 0. The van der Waals surface area contributed by atoms with E-state index in [-0.39, 0.29) is 17.4 Å². The molecule has 0 spiro atoms. The van der Waals surface area contributed by atoms with Gasteiger partial charge in [-0.15, -0.1) is 0 Å². The van der Waals surface area contributed by atoms with Crippen molar-refractivity contribution in [2.24, 2.45) is 5.41 Å². The van der Waals surface area contributed by atoms with Crippen LogP contribution in [0.1, 0.15) is 45.0 Å². The fraction of sp³-hybridized carbons (Fsp3) is 0.562. The maximum Gasteiger partial charge on any atom is 0.340 e. The van der Waals surface area contributed by atoms with Crippen LogP contribution in [0.5, 0.6) is 0 Å². The first-order valence-electron chi connectivity index (χ1n) is 6.98. The highest BCUT2D eigenvalue weighted by Gasteiger charge is 2.28. The van der Waals surface area contributed by atoms with E-state index in [1.54, 1.807) is 19.1 Å². The average molecular weight is 278 g/mol. The molecule has 1 rings (SSSR count). The van der Waals surface area contributed by atoms with Crippen LogP contribution in [0.2, 0.25) is 0 Å². The SMILES string of the molecule is CCOC(=O)c1cccc(N)c1N(C)C(C)C(C)(C)C. The molecule has 0 saturated carbocycles. The minimum absolute atomic E-state index is 0.0724. The Balaban J connectivity index is 3.26. The molecule has 0 radical (unpaired) electrons. The lowest BCUT2D eigenvalue weighted by Gasteiger charge is -2.38. The Labute approximate surface area is 121 Å². The van der Waals surface area contributed by atoms with Crippen LogP contribution in [0.3, 0.4) is 0 Å². The van der Waals surface area contributed by atoms with E-state index in [0.717, 1.165) is 5.69 Å². The van der Waals surface area contributed by atoms with Crippen LogP contribution in [-0.4, -0.2) is 25.7 Å². The van der Waals surface area contributed by atoms with Crippen LogP contribution < -0.4 is 10.6 Å². The van der Waals surface area contributed by atoms with Gasteiger partial charge in [-0.25, -0.2) is 4.79 Å². The molecule has 0 bridgehead atoms. The number of nitrogen functional groups attached to an aromatic ring is 1. The minimum Gasteiger partial charge on any atom is -0.462 e. The molecule has 0 saturated heterocycles. The first-order chi connectivity index (χ1) is 9.20. The standard InChI is InChI=1S/C16H26N2O2/c1-7-20-15(19)12-9-8-10-13(17)14(12)18(6)11(2)16(3,4)5/h8-11H,7,17H2,1-6H3. The molecule has 0 aliphatic carbocycles. The number of carbonyl (C=O) groups is 1. The third-order valence-corrected chi connectivity index (χ3v) is 3.75. The molecule has 0 aliphatic rings. The maximum atomic E-state index is 12.1. The van der Waals surface area contributed by atoms with Crippen molar-refractivity contribution in [1.29, 1.82) is 0 Å². The van der Waals surface area contributed by atoms with Crippen LogP contribution in [0.15, 0.2) is 18.2 Å². The number of nitrogens with two attached hydrogens (primary N) is 1. The van der Waals surface area contributed by atoms with Crippen molar-refractivity contribution in [3.05, 3.63) is 23.8 Å². The van der Waals surface area contributed by atoms with Gasteiger partial charge in [-0.3, -0.25) is 0 Å². The van der Waals surface area contributed by atoms with Crippen molar-refractivity contribution < 1.29 is 9.53 Å². The van der Waals surface area contributed by atoms with E-state index in [9.17, 15) is 4.79 Å². The molecule has 0 heterocycles. The lowest BCUT2D eigenvalue weighted by Crippen LogP contribution is -2.40. The van der Waals surface area contributed by atoms with Gasteiger partial charge in [-0.2, -0.15) is 0 Å². The van der Waals surface area contributed by atoms with Crippen molar-refractivity contribution >= 4 is 17.3 Å². The van der Waals surface area contributed by atoms with Gasteiger partial charge in [0.15, 0.2) is 0 Å². The Morgan fingerprint density at radius 1 is 1.40 bits per heavy atom. The molecule has 4 nitrogen and oxygen atoms in total. The predicted molar refractivity (Wildman–Crippen MR) is 84.1 cm³/mol. The van der Waals surface area contributed by atoms with E-state index >= 15 is 0 Å². The van der Waals surface area contributed by atoms with Gasteiger partial charge < -0.3 is 15.4 Å². The number of nitrogens with zero attached hydrogens (tertiary/aromatic N) is 1. The zero-order valence-corrected chi connectivity index (χ0v) is 13.4. The molecule has 4 heteroatoms. The van der Waals surface area contributed by atoms with E-state index in [0.29, 0.717) is 17.9 Å². The van der Waals surface area contributed by atoms with E-state index < -0.39 is 0 Å². The number of anilines is 2. The molecule has 0 amide bonds. The zero-order chi connectivity index (χ0) is 15.5. The predicted octanol–water partition coefficient (Wildman–Crippen LogP) is 3.32. The fourth-order valence-electron chi connectivity index (χ4n) is 2.10. The van der Waals surface area contributed by atoms with E-state index in [4.69, 9.17) is 10.5 Å². The highest BCUT2D eigenvalue weighted by Crippen LogP contribution is 2.33. The van der Waals surface area contributed by atoms with Gasteiger partial charge in [0.2, 0.25) is 0 Å². The molecule has 20 heavy (non-hydrogen) atoms. The lowest BCUT2D eigenvalue weighted by atomic mass is 9.86. The number of para-hydroxylation sites is 1. The zero-order valence-electron chi connectivity index (χ0n) is 13.4. The normalized spacial score (nSPS) is 12.9. The summed E-state index contributed by atoms with van der Waals surface area (Å²) in [5, 5.41) is 0. The van der Waals surface area contributed by atoms with Crippen molar-refractivity contribution in [3.8, 4) is 0 Å². The molecular weight excluding hydrogens is 252 g/mol. The quantitative estimate of drug-likeness (QED) is 0.678. The number of rotatable bonds is 4. The Morgan fingerprint density at radius 3 is 2.50 bits per heavy atom. The van der Waals surface area contributed by atoms with Gasteiger partial charge >= 0.3 is 5.97 Å². The lowest BCUT2D eigenvalue weighted by molar-refractivity contribution is 0.0527. The first-order valence-corrected chi connectivity index (χ1v) is 6.98. The molecule has 1 aromatic carbocycles. The van der Waals surface area contributed by atoms with Crippen LogP contribution in [-0.2, 0) is 4.74 Å². The number of esters is 1. The summed E-state index contributed by atoms with van der Waals surface area (Å²) < 4.78 is 5.12. The minimum atomic E-state index is -0.331. The van der Waals surface area contributed by atoms with Crippen LogP contribution in [0.4, 0.5) is 11.4 Å². The molecule has 0 aromatic heterocycles. The third-order valence-electron chi connectivity index (χ3n) is 3.75. The van der Waals surface area contributed by atoms with Gasteiger partial charge in [0.25, 0.3) is 0 Å². The van der Waals surface area contributed by atoms with E-state index in [1.165, 1.54) is 0 Å². The molecule has 1 unspecified atom stereocenters. The Bertz CT molecular complexity index is 478. The molecule has 0 aliphatic heterocycles. The maximum absolute atomic E-state index is 12.1. The van der Waals surface area contributed by atoms with Gasteiger partial charge in [0, 0.05) is 13.1 Å². The number of carbonyl (C=O) groups excluding carboxylic acids is 1. The monoisotopic (exact) mass is 278 g/mol. The number of benzene rings is 1. The Morgan fingerprint density at radius 2 is 2.00 bits per heavy atom. The van der Waals surface area contributed by atoms with Crippen molar-refractivity contribution in [2.45, 2.75) is 40.7 Å². The summed E-state index contributed by atoms with van der Waals surface area (Å²) in [5.41, 5.74) is 8.01. The molecular formula is C16H26N2O2. The van der Waals surface area contributed by atoms with Crippen molar-refractivity contribution in [3.63, 3.8) is 0 Å². The summed E-state index contributed by atoms with van der Waals surface area (Å²) in [4.78, 5) is 14.1. The Hall–Kier alpha value is -1.71. The van der Waals surface area contributed by atoms with Crippen molar-refractivity contribution in [1.82, 2.24) is 0 Å². The van der Waals surface area contributed by atoms with Crippen molar-refractivity contribution in [2.75, 3.05) is 24.3 Å². The third kappa shape index (κ3) is 3.44. The van der Waals surface area contributed by atoms with E-state index in [2.05, 4.69) is 32.6 Å². The second kappa shape index (κ2) is 6.16. The molecule has 1 atom stereocenters. The molecule has 2 N–H and O–H groups in total. The van der Waals surface area contributed by atoms with Gasteiger partial charge in [0.05, 0.1) is 23.5 Å². The second-order valence-electron chi connectivity index (χ2n) is 6.12. The molecule has 0 fully saturated rings. The summed E-state index contributed by atoms with van der Waals surface area (Å²) in [6, 6.07) is 5.57. The topological polar surface area (TPSA) is 55.6 Å². The largest absolute Gasteiger partial charge is 0.462 e. The van der Waals surface area contributed by atoms with Crippen LogP contribution in [0.25, 0.3) is 0 Å². The molecule has 112 valence electrons. The van der Waals surface area contributed by atoms with Crippen LogP contribution >= 0.6 is 0 Å². The first kappa shape index (κ1) is 16.3. The number of ether oxygens (including phenoxy) is 1. The van der Waals surface area contributed by atoms with Gasteiger partial charge in [-0.1, -0.05) is 26.8 Å². The summed E-state index contributed by atoms with van der Waals surface area (Å²) in [6.45, 7) is 10.8. The van der Waals surface area contributed by atoms with Gasteiger partial charge in [0.1, 0.15) is 0 Å². The Kier molecular flexibility index (Phi) is 5.03. The van der Waals surface area contributed by atoms with E-state index in [1.807, 2.05) is 13.1 Å². The summed E-state index contributed by atoms with van der Waals surface area (Å²) >= 11 is 0. The summed E-state index contributed by atoms with van der Waals surface area (Å²) in [7, 11) is 1.96. The number of hydrogen-bond donors (Lipinski definition) is 1. The fourth-order valence-corrected chi connectivity index (χ4v) is 2.10. The molecule has 1 aromatic rings. The summed E-state index contributed by atoms with van der Waals surface area (Å²) in [5.74, 6) is -0.331.